The summed E-state index contributed by atoms with van der Waals surface area (Å²) < 4.78 is 13.5. The Kier molecular flexibility index (Phi) is 6.11. The van der Waals surface area contributed by atoms with Crippen molar-refractivity contribution in [1.82, 2.24) is 9.88 Å². The van der Waals surface area contributed by atoms with Crippen LogP contribution in [0.15, 0.2) is 24.4 Å². The second-order valence-corrected chi connectivity index (χ2v) is 7.48. The van der Waals surface area contributed by atoms with E-state index in [1.165, 1.54) is 31.7 Å². The van der Waals surface area contributed by atoms with E-state index in [4.69, 9.17) is 0 Å². The maximum absolute atomic E-state index is 13.5. The van der Waals surface area contributed by atoms with Gasteiger partial charge in [0.15, 0.2) is 0 Å². The van der Waals surface area contributed by atoms with Crippen LogP contribution in [0, 0.1) is 11.7 Å². The predicted molar refractivity (Wildman–Crippen MR) is 100 cm³/mol. The number of hydrogen-bond donors (Lipinski definition) is 1. The fourth-order valence-corrected chi connectivity index (χ4v) is 3.87. The highest BCUT2D eigenvalue weighted by molar-refractivity contribution is 5.84. The molecular formula is C21H29FN2O. The number of nitrogens with zero attached hydrogens (tertiary/aromatic N) is 1. The Morgan fingerprint density at radius 2 is 2.00 bits per heavy atom. The lowest BCUT2D eigenvalue weighted by molar-refractivity contribution is -0.131. The summed E-state index contributed by atoms with van der Waals surface area (Å²) in [6.45, 7) is 4.09. The van der Waals surface area contributed by atoms with Gasteiger partial charge in [-0.3, -0.25) is 4.79 Å². The number of carbonyl (C=O) groups excluding carboxylic acids is 1. The third-order valence-corrected chi connectivity index (χ3v) is 5.44. The van der Waals surface area contributed by atoms with Crippen molar-refractivity contribution in [2.45, 2.75) is 58.3 Å². The number of fused-ring (bicyclic) bond motifs is 1. The zero-order chi connectivity index (χ0) is 17.6. The van der Waals surface area contributed by atoms with Crippen molar-refractivity contribution in [3.63, 3.8) is 0 Å². The van der Waals surface area contributed by atoms with Crippen molar-refractivity contribution in [1.29, 1.82) is 0 Å². The van der Waals surface area contributed by atoms with E-state index < -0.39 is 0 Å². The maximum atomic E-state index is 13.5. The summed E-state index contributed by atoms with van der Waals surface area (Å²) in [6, 6.07) is 4.76. The first-order valence-electron chi connectivity index (χ1n) is 9.67. The standard InChI is InChI=1S/C21H29FN2O/c1-16-6-3-2-4-12-24(13-5-7-16)21(25)11-8-17-15-23-20-10-9-18(22)14-19(17)20/h9-10,14-16,23H,2-8,11-13H2,1H3. The van der Waals surface area contributed by atoms with E-state index >= 15 is 0 Å². The summed E-state index contributed by atoms with van der Waals surface area (Å²) in [5.41, 5.74) is 1.95. The molecule has 1 amide bonds. The van der Waals surface area contributed by atoms with Crippen molar-refractivity contribution in [2.24, 2.45) is 5.92 Å². The summed E-state index contributed by atoms with van der Waals surface area (Å²) >= 11 is 0. The van der Waals surface area contributed by atoms with Gasteiger partial charge in [-0.05, 0) is 55.4 Å². The van der Waals surface area contributed by atoms with E-state index in [9.17, 15) is 9.18 Å². The molecule has 1 atom stereocenters. The Labute approximate surface area is 149 Å². The van der Waals surface area contributed by atoms with Crippen molar-refractivity contribution >= 4 is 16.8 Å². The van der Waals surface area contributed by atoms with Gasteiger partial charge in [-0.15, -0.1) is 0 Å². The molecule has 0 spiro atoms. The van der Waals surface area contributed by atoms with Gasteiger partial charge in [-0.2, -0.15) is 0 Å². The molecule has 1 saturated heterocycles. The van der Waals surface area contributed by atoms with Crippen LogP contribution in [-0.4, -0.2) is 28.9 Å². The lowest BCUT2D eigenvalue weighted by atomic mass is 9.97. The number of aryl methyl sites for hydroxylation is 1. The molecule has 1 N–H and O–H groups in total. The number of aromatic amines is 1. The summed E-state index contributed by atoms with van der Waals surface area (Å²) in [6.07, 6.45) is 10.3. The fraction of sp³-hybridized carbons (Fsp3) is 0.571. The second kappa shape index (κ2) is 8.50. The van der Waals surface area contributed by atoms with E-state index in [0.717, 1.165) is 48.3 Å². The third-order valence-electron chi connectivity index (χ3n) is 5.44. The molecule has 1 aromatic carbocycles. The maximum Gasteiger partial charge on any atom is 0.222 e. The summed E-state index contributed by atoms with van der Waals surface area (Å²) in [4.78, 5) is 17.9. The number of halogens is 1. The molecule has 0 radical (unpaired) electrons. The molecular weight excluding hydrogens is 315 g/mol. The average molecular weight is 344 g/mol. The fourth-order valence-electron chi connectivity index (χ4n) is 3.87. The van der Waals surface area contributed by atoms with Crippen LogP contribution in [0.4, 0.5) is 4.39 Å². The molecule has 1 fully saturated rings. The molecule has 3 nitrogen and oxygen atoms in total. The van der Waals surface area contributed by atoms with Crippen molar-refractivity contribution < 1.29 is 9.18 Å². The highest BCUT2D eigenvalue weighted by Crippen LogP contribution is 2.22. The number of benzene rings is 1. The molecule has 4 heteroatoms. The number of hydrogen-bond acceptors (Lipinski definition) is 1. The normalized spacial score (nSPS) is 19.9. The third kappa shape index (κ3) is 4.83. The number of carbonyl (C=O) groups is 1. The average Bonchev–Trinajstić information content (AvgIpc) is 3.00. The highest BCUT2D eigenvalue weighted by Gasteiger charge is 2.16. The molecule has 1 aliphatic heterocycles. The van der Waals surface area contributed by atoms with Crippen LogP contribution in [0.1, 0.15) is 57.4 Å². The Morgan fingerprint density at radius 3 is 2.88 bits per heavy atom. The monoisotopic (exact) mass is 344 g/mol. The van der Waals surface area contributed by atoms with Crippen molar-refractivity contribution in [3.8, 4) is 0 Å². The highest BCUT2D eigenvalue weighted by atomic mass is 19.1. The molecule has 3 rings (SSSR count). The topological polar surface area (TPSA) is 36.1 Å². The van der Waals surface area contributed by atoms with Gasteiger partial charge in [0, 0.05) is 36.6 Å². The van der Waals surface area contributed by atoms with E-state index in [-0.39, 0.29) is 11.7 Å². The van der Waals surface area contributed by atoms with Gasteiger partial charge in [0.2, 0.25) is 5.91 Å². The number of H-pyrrole nitrogens is 1. The van der Waals surface area contributed by atoms with Crippen LogP contribution in [0.5, 0.6) is 0 Å². The molecule has 1 aromatic heterocycles. The van der Waals surface area contributed by atoms with Crippen LogP contribution in [0.3, 0.4) is 0 Å². The SMILES string of the molecule is CC1CCCCCN(C(=O)CCc2c[nH]c3ccc(F)cc23)CCC1. The molecule has 2 aromatic rings. The van der Waals surface area contributed by atoms with E-state index in [0.29, 0.717) is 12.8 Å². The Bertz CT molecular complexity index is 709. The van der Waals surface area contributed by atoms with E-state index in [1.807, 2.05) is 11.1 Å². The largest absolute Gasteiger partial charge is 0.361 e. The molecule has 2 heterocycles. The predicted octanol–water partition coefficient (Wildman–Crippen LogP) is 5.06. The summed E-state index contributed by atoms with van der Waals surface area (Å²) in [7, 11) is 0. The van der Waals surface area contributed by atoms with Gasteiger partial charge in [0.25, 0.3) is 0 Å². The number of nitrogens with one attached hydrogen (secondary N) is 1. The van der Waals surface area contributed by atoms with Crippen LogP contribution in [0.2, 0.25) is 0 Å². The van der Waals surface area contributed by atoms with Gasteiger partial charge in [0.1, 0.15) is 5.82 Å². The zero-order valence-corrected chi connectivity index (χ0v) is 15.2. The van der Waals surface area contributed by atoms with Crippen LogP contribution in [-0.2, 0) is 11.2 Å². The Morgan fingerprint density at radius 1 is 1.20 bits per heavy atom. The lowest BCUT2D eigenvalue weighted by Crippen LogP contribution is -2.33. The first-order chi connectivity index (χ1) is 12.1. The Balaban J connectivity index is 1.59. The van der Waals surface area contributed by atoms with Gasteiger partial charge < -0.3 is 9.88 Å². The minimum absolute atomic E-state index is 0.232. The number of aromatic nitrogens is 1. The smallest absolute Gasteiger partial charge is 0.222 e. The number of amides is 1. The van der Waals surface area contributed by atoms with Gasteiger partial charge in [-0.1, -0.05) is 26.2 Å². The first-order valence-corrected chi connectivity index (χ1v) is 9.67. The molecule has 0 saturated carbocycles. The lowest BCUT2D eigenvalue weighted by Gasteiger charge is -2.25. The van der Waals surface area contributed by atoms with Crippen LogP contribution < -0.4 is 0 Å². The van der Waals surface area contributed by atoms with E-state index in [1.54, 1.807) is 12.1 Å². The van der Waals surface area contributed by atoms with Crippen LogP contribution >= 0.6 is 0 Å². The molecule has 1 unspecified atom stereocenters. The Hall–Kier alpha value is -1.84. The van der Waals surface area contributed by atoms with Gasteiger partial charge in [0.05, 0.1) is 0 Å². The quantitative estimate of drug-likeness (QED) is 0.830. The molecule has 0 bridgehead atoms. The zero-order valence-electron chi connectivity index (χ0n) is 15.2. The summed E-state index contributed by atoms with van der Waals surface area (Å²) in [5.74, 6) is 0.778. The minimum Gasteiger partial charge on any atom is -0.361 e. The minimum atomic E-state index is -0.232. The molecule has 1 aliphatic rings. The van der Waals surface area contributed by atoms with Crippen LogP contribution in [0.25, 0.3) is 10.9 Å². The molecule has 0 aliphatic carbocycles. The number of rotatable bonds is 3. The second-order valence-electron chi connectivity index (χ2n) is 7.48. The van der Waals surface area contributed by atoms with Gasteiger partial charge in [-0.25, -0.2) is 4.39 Å². The molecule has 136 valence electrons. The first kappa shape index (κ1) is 18.0. The van der Waals surface area contributed by atoms with Crippen molar-refractivity contribution in [3.05, 3.63) is 35.8 Å². The summed E-state index contributed by atoms with van der Waals surface area (Å²) in [5, 5.41) is 0.891. The van der Waals surface area contributed by atoms with Crippen molar-refractivity contribution in [2.75, 3.05) is 13.1 Å². The van der Waals surface area contributed by atoms with E-state index in [2.05, 4.69) is 11.9 Å². The van der Waals surface area contributed by atoms with Gasteiger partial charge >= 0.3 is 0 Å². The molecule has 25 heavy (non-hydrogen) atoms.